The number of esters is 1. The van der Waals surface area contributed by atoms with Crippen molar-refractivity contribution >= 4 is 17.5 Å². The lowest BCUT2D eigenvalue weighted by atomic mass is 9.45. The third kappa shape index (κ3) is 2.86. The number of aliphatic hydroxyl groups excluding tert-OH is 1. The van der Waals surface area contributed by atoms with E-state index in [9.17, 15) is 24.6 Å². The summed E-state index contributed by atoms with van der Waals surface area (Å²) in [5.74, 6) is -0.462. The monoisotopic (exact) mass is 404 g/mol. The van der Waals surface area contributed by atoms with E-state index in [0.29, 0.717) is 19.3 Å². The molecule has 0 aliphatic heterocycles. The molecular formula is C23H32O6. The van der Waals surface area contributed by atoms with Gasteiger partial charge in [0.15, 0.2) is 12.4 Å². The Kier molecular flexibility index (Phi) is 4.82. The van der Waals surface area contributed by atoms with Crippen LogP contribution in [0.2, 0.25) is 0 Å². The SMILES string of the molecule is CC(=O)OCC(=O)[C@]1(O)CC[C@H]2[C@@H]3CCC4=CC(=O)CC[C@]4(C)[C@H]3[C@@H](O)C[C@@]21C. The molecule has 2 N–H and O–H groups in total. The second-order valence-corrected chi connectivity index (χ2v) is 10.2. The largest absolute Gasteiger partial charge is 0.458 e. The number of carbonyl (C=O) groups is 3. The van der Waals surface area contributed by atoms with Gasteiger partial charge in [0.1, 0.15) is 5.60 Å². The predicted octanol–water partition coefficient (Wildman–Crippen LogP) is 2.35. The average molecular weight is 405 g/mol. The number of hydrogen-bond donors (Lipinski definition) is 2. The molecule has 3 fully saturated rings. The maximum Gasteiger partial charge on any atom is 0.303 e. The summed E-state index contributed by atoms with van der Waals surface area (Å²) in [4.78, 5) is 36.0. The Bertz CT molecular complexity index is 786. The number of carbonyl (C=O) groups excluding carboxylic acids is 3. The fraction of sp³-hybridized carbons (Fsp3) is 0.783. The lowest BCUT2D eigenvalue weighted by Crippen LogP contribution is -2.62. The van der Waals surface area contributed by atoms with Crippen molar-refractivity contribution in [3.05, 3.63) is 11.6 Å². The van der Waals surface area contributed by atoms with Crippen LogP contribution in [0.4, 0.5) is 0 Å². The normalized spacial score (nSPS) is 46.2. The molecule has 0 aromatic rings. The van der Waals surface area contributed by atoms with Crippen LogP contribution in [-0.4, -0.2) is 46.1 Å². The van der Waals surface area contributed by atoms with Gasteiger partial charge >= 0.3 is 5.97 Å². The number of ketones is 2. The minimum atomic E-state index is -1.58. The van der Waals surface area contributed by atoms with Crippen molar-refractivity contribution < 1.29 is 29.3 Å². The van der Waals surface area contributed by atoms with Crippen LogP contribution >= 0.6 is 0 Å². The zero-order valence-electron chi connectivity index (χ0n) is 17.6. The van der Waals surface area contributed by atoms with E-state index < -0.39 is 35.5 Å². The van der Waals surface area contributed by atoms with E-state index in [2.05, 4.69) is 6.92 Å². The van der Waals surface area contributed by atoms with Gasteiger partial charge in [-0.3, -0.25) is 14.4 Å². The molecule has 0 unspecified atom stereocenters. The van der Waals surface area contributed by atoms with Crippen molar-refractivity contribution in [2.24, 2.45) is 28.6 Å². The molecule has 6 nitrogen and oxygen atoms in total. The fourth-order valence-corrected chi connectivity index (χ4v) is 7.44. The first kappa shape index (κ1) is 20.7. The third-order valence-electron chi connectivity index (χ3n) is 8.92. The maximum atomic E-state index is 12.9. The number of aliphatic hydroxyl groups is 2. The molecule has 0 bridgehead atoms. The highest BCUT2D eigenvalue weighted by molar-refractivity contribution is 5.92. The zero-order valence-corrected chi connectivity index (χ0v) is 17.6. The van der Waals surface area contributed by atoms with Gasteiger partial charge in [-0.25, -0.2) is 0 Å². The molecule has 160 valence electrons. The molecule has 0 spiro atoms. The van der Waals surface area contributed by atoms with Gasteiger partial charge in [0.2, 0.25) is 5.78 Å². The summed E-state index contributed by atoms with van der Waals surface area (Å²) in [5.41, 5.74) is -1.36. The van der Waals surface area contributed by atoms with E-state index in [1.165, 1.54) is 6.92 Å². The maximum absolute atomic E-state index is 12.9. The van der Waals surface area contributed by atoms with Gasteiger partial charge in [0, 0.05) is 18.8 Å². The zero-order chi connectivity index (χ0) is 21.2. The van der Waals surface area contributed by atoms with Crippen LogP contribution in [-0.2, 0) is 19.1 Å². The second-order valence-electron chi connectivity index (χ2n) is 10.2. The number of Topliss-reactive ketones (excluding diaryl/α,β-unsaturated/α-hetero) is 1. The second kappa shape index (κ2) is 6.74. The van der Waals surface area contributed by atoms with Crippen molar-refractivity contribution in [2.45, 2.75) is 77.4 Å². The predicted molar refractivity (Wildman–Crippen MR) is 105 cm³/mol. The molecule has 6 heteroatoms. The Hall–Kier alpha value is -1.53. The first-order valence-electron chi connectivity index (χ1n) is 10.8. The highest BCUT2D eigenvalue weighted by atomic mass is 16.5. The van der Waals surface area contributed by atoms with Crippen molar-refractivity contribution in [3.8, 4) is 0 Å². The topological polar surface area (TPSA) is 101 Å². The molecule has 4 rings (SSSR count). The molecule has 4 aliphatic rings. The summed E-state index contributed by atoms with van der Waals surface area (Å²) in [5, 5.41) is 22.8. The van der Waals surface area contributed by atoms with Crippen LogP contribution in [0.3, 0.4) is 0 Å². The minimum absolute atomic E-state index is 0.0413. The van der Waals surface area contributed by atoms with Crippen LogP contribution in [0.1, 0.15) is 65.7 Å². The molecule has 4 aliphatic carbocycles. The smallest absolute Gasteiger partial charge is 0.303 e. The molecule has 3 saturated carbocycles. The molecule has 7 atom stereocenters. The Morgan fingerprint density at radius 3 is 2.62 bits per heavy atom. The Labute approximate surface area is 171 Å². The molecule has 0 saturated heterocycles. The summed E-state index contributed by atoms with van der Waals surface area (Å²) in [7, 11) is 0. The van der Waals surface area contributed by atoms with Crippen molar-refractivity contribution in [1.29, 1.82) is 0 Å². The van der Waals surface area contributed by atoms with E-state index in [1.54, 1.807) is 6.08 Å². The van der Waals surface area contributed by atoms with Crippen molar-refractivity contribution in [1.82, 2.24) is 0 Å². The van der Waals surface area contributed by atoms with Crippen molar-refractivity contribution in [2.75, 3.05) is 6.61 Å². The standard InChI is InChI=1S/C23H32O6/c1-13(24)29-12-19(27)23(28)9-7-17-16-5-4-14-10-15(25)6-8-21(14,2)20(16)18(26)11-22(17,23)3/h10,16-18,20,26,28H,4-9,11-12H2,1-3H3/t16-,17-,18-,20+,21-,22-,23+/m0/s1. The minimum Gasteiger partial charge on any atom is -0.458 e. The van der Waals surface area contributed by atoms with Crippen LogP contribution < -0.4 is 0 Å². The lowest BCUT2D eigenvalue weighted by Gasteiger charge is -2.60. The fourth-order valence-electron chi connectivity index (χ4n) is 7.44. The molecular weight excluding hydrogens is 372 g/mol. The first-order chi connectivity index (χ1) is 13.5. The van der Waals surface area contributed by atoms with Gasteiger partial charge in [0.25, 0.3) is 0 Å². The van der Waals surface area contributed by atoms with Gasteiger partial charge < -0.3 is 14.9 Å². The van der Waals surface area contributed by atoms with Gasteiger partial charge in [-0.05, 0) is 67.8 Å². The highest BCUT2D eigenvalue weighted by Gasteiger charge is 2.68. The van der Waals surface area contributed by atoms with E-state index in [4.69, 9.17) is 4.74 Å². The highest BCUT2D eigenvalue weighted by Crippen LogP contribution is 2.67. The summed E-state index contributed by atoms with van der Waals surface area (Å²) < 4.78 is 4.89. The van der Waals surface area contributed by atoms with E-state index in [1.807, 2.05) is 6.92 Å². The molecule has 29 heavy (non-hydrogen) atoms. The van der Waals surface area contributed by atoms with Crippen LogP contribution in [0.15, 0.2) is 11.6 Å². The Balaban J connectivity index is 1.65. The van der Waals surface area contributed by atoms with Gasteiger partial charge in [-0.2, -0.15) is 0 Å². The van der Waals surface area contributed by atoms with Crippen LogP contribution in [0.25, 0.3) is 0 Å². The molecule has 0 heterocycles. The molecule has 0 aromatic heterocycles. The molecule has 0 radical (unpaired) electrons. The first-order valence-corrected chi connectivity index (χ1v) is 10.8. The average Bonchev–Trinajstić information content (AvgIpc) is 2.91. The van der Waals surface area contributed by atoms with Crippen LogP contribution in [0.5, 0.6) is 0 Å². The molecule has 0 aromatic carbocycles. The summed E-state index contributed by atoms with van der Waals surface area (Å²) in [6, 6.07) is 0. The summed E-state index contributed by atoms with van der Waals surface area (Å²) >= 11 is 0. The van der Waals surface area contributed by atoms with Gasteiger partial charge in [-0.15, -0.1) is 0 Å². The van der Waals surface area contributed by atoms with E-state index in [-0.39, 0.29) is 29.0 Å². The molecule has 0 amide bonds. The summed E-state index contributed by atoms with van der Waals surface area (Å²) in [6.45, 7) is 4.92. The number of fused-ring (bicyclic) bond motifs is 5. The number of hydrogen-bond acceptors (Lipinski definition) is 6. The van der Waals surface area contributed by atoms with Crippen molar-refractivity contribution in [3.63, 3.8) is 0 Å². The quantitative estimate of drug-likeness (QED) is 0.701. The Morgan fingerprint density at radius 1 is 1.21 bits per heavy atom. The Morgan fingerprint density at radius 2 is 1.93 bits per heavy atom. The number of allylic oxidation sites excluding steroid dienone is 1. The van der Waals surface area contributed by atoms with E-state index in [0.717, 1.165) is 31.3 Å². The third-order valence-corrected chi connectivity index (χ3v) is 8.92. The number of rotatable bonds is 3. The van der Waals surface area contributed by atoms with Gasteiger partial charge in [0.05, 0.1) is 6.10 Å². The summed E-state index contributed by atoms with van der Waals surface area (Å²) in [6.07, 6.45) is 5.54. The van der Waals surface area contributed by atoms with E-state index >= 15 is 0 Å². The van der Waals surface area contributed by atoms with Gasteiger partial charge in [-0.1, -0.05) is 19.4 Å². The van der Waals surface area contributed by atoms with Crippen LogP contribution in [0, 0.1) is 28.6 Å². The lowest BCUT2D eigenvalue weighted by molar-refractivity contribution is -0.184. The number of ether oxygens (including phenoxy) is 1.